The first-order chi connectivity index (χ1) is 12.1. The minimum atomic E-state index is 0.115. The summed E-state index contributed by atoms with van der Waals surface area (Å²) in [5.74, 6) is 2.08. The Morgan fingerprint density at radius 1 is 1.08 bits per heavy atom. The van der Waals surface area contributed by atoms with Crippen molar-refractivity contribution >= 4 is 0 Å². The molecule has 0 fully saturated rings. The second kappa shape index (κ2) is 7.30. The third-order valence-electron chi connectivity index (χ3n) is 3.88. The summed E-state index contributed by atoms with van der Waals surface area (Å²) in [4.78, 5) is 0. The van der Waals surface area contributed by atoms with Crippen LogP contribution in [0.15, 0.2) is 42.6 Å². The van der Waals surface area contributed by atoms with E-state index in [0.717, 1.165) is 23.3 Å². The smallest absolute Gasteiger partial charge is 0.173 e. The summed E-state index contributed by atoms with van der Waals surface area (Å²) in [6, 6.07) is 11.3. The van der Waals surface area contributed by atoms with Gasteiger partial charge in [0.2, 0.25) is 0 Å². The second-order valence-electron chi connectivity index (χ2n) is 6.01. The van der Waals surface area contributed by atoms with E-state index < -0.39 is 0 Å². The van der Waals surface area contributed by atoms with Crippen molar-refractivity contribution in [2.45, 2.75) is 27.2 Å². The molecule has 1 heterocycles. The van der Waals surface area contributed by atoms with Crippen molar-refractivity contribution in [1.82, 2.24) is 10.2 Å². The number of H-pyrrole nitrogens is 1. The molecule has 0 aliphatic heterocycles. The van der Waals surface area contributed by atoms with E-state index in [1.54, 1.807) is 18.3 Å². The maximum Gasteiger partial charge on any atom is 0.173 e. The SMILES string of the molecule is CCCOc1ccc(-c2[nH]ncc2Oc2cc(C)ccc2C)c(O)c1. The number of ether oxygens (including phenoxy) is 2. The van der Waals surface area contributed by atoms with Crippen LogP contribution in [0.4, 0.5) is 0 Å². The predicted octanol–water partition coefficient (Wildman–Crippen LogP) is 4.98. The lowest BCUT2D eigenvalue weighted by Gasteiger charge is -2.11. The fourth-order valence-electron chi connectivity index (χ4n) is 2.51. The molecule has 5 nitrogen and oxygen atoms in total. The molecule has 2 aromatic carbocycles. The molecule has 0 aliphatic carbocycles. The van der Waals surface area contributed by atoms with Gasteiger partial charge in [-0.15, -0.1) is 0 Å². The average molecular weight is 338 g/mol. The van der Waals surface area contributed by atoms with Crippen molar-refractivity contribution in [2.75, 3.05) is 6.61 Å². The Hall–Kier alpha value is -2.95. The van der Waals surface area contributed by atoms with Gasteiger partial charge in [-0.2, -0.15) is 5.10 Å². The number of aromatic nitrogens is 2. The highest BCUT2D eigenvalue weighted by atomic mass is 16.5. The highest BCUT2D eigenvalue weighted by Gasteiger charge is 2.15. The summed E-state index contributed by atoms with van der Waals surface area (Å²) >= 11 is 0. The van der Waals surface area contributed by atoms with E-state index in [2.05, 4.69) is 10.2 Å². The molecule has 130 valence electrons. The highest BCUT2D eigenvalue weighted by molar-refractivity contribution is 5.73. The van der Waals surface area contributed by atoms with Gasteiger partial charge in [0.15, 0.2) is 5.75 Å². The molecule has 3 rings (SSSR count). The van der Waals surface area contributed by atoms with Crippen LogP contribution in [0.2, 0.25) is 0 Å². The number of hydrogen-bond donors (Lipinski definition) is 2. The molecule has 3 aromatic rings. The Morgan fingerprint density at radius 3 is 2.68 bits per heavy atom. The minimum absolute atomic E-state index is 0.115. The highest BCUT2D eigenvalue weighted by Crippen LogP contribution is 2.38. The Labute approximate surface area is 147 Å². The number of benzene rings is 2. The van der Waals surface area contributed by atoms with E-state index in [0.29, 0.717) is 29.4 Å². The second-order valence-corrected chi connectivity index (χ2v) is 6.01. The fraction of sp³-hybridized carbons (Fsp3) is 0.250. The van der Waals surface area contributed by atoms with E-state index in [-0.39, 0.29) is 5.75 Å². The van der Waals surface area contributed by atoms with Crippen molar-refractivity contribution in [1.29, 1.82) is 0 Å². The first-order valence-corrected chi connectivity index (χ1v) is 8.33. The van der Waals surface area contributed by atoms with Crippen LogP contribution in [0.5, 0.6) is 23.0 Å². The zero-order valence-electron chi connectivity index (χ0n) is 14.7. The van der Waals surface area contributed by atoms with E-state index in [1.165, 1.54) is 0 Å². The molecular weight excluding hydrogens is 316 g/mol. The van der Waals surface area contributed by atoms with Crippen LogP contribution in [0, 0.1) is 13.8 Å². The van der Waals surface area contributed by atoms with E-state index in [1.807, 2.05) is 45.0 Å². The number of phenolic OH excluding ortho intramolecular Hbond substituents is 1. The van der Waals surface area contributed by atoms with Crippen LogP contribution in [-0.4, -0.2) is 21.9 Å². The van der Waals surface area contributed by atoms with Crippen molar-refractivity contribution in [3.8, 4) is 34.3 Å². The quantitative estimate of drug-likeness (QED) is 0.665. The number of hydrogen-bond acceptors (Lipinski definition) is 4. The molecule has 0 saturated carbocycles. The summed E-state index contributed by atoms with van der Waals surface area (Å²) < 4.78 is 11.6. The molecule has 1 aromatic heterocycles. The van der Waals surface area contributed by atoms with Gasteiger partial charge in [0.25, 0.3) is 0 Å². The van der Waals surface area contributed by atoms with Crippen LogP contribution >= 0.6 is 0 Å². The van der Waals surface area contributed by atoms with Crippen molar-refractivity contribution in [3.63, 3.8) is 0 Å². The lowest BCUT2D eigenvalue weighted by atomic mass is 10.1. The Kier molecular flexibility index (Phi) is 4.93. The van der Waals surface area contributed by atoms with Crippen molar-refractivity contribution in [2.24, 2.45) is 0 Å². The maximum absolute atomic E-state index is 10.4. The molecule has 0 saturated heterocycles. The topological polar surface area (TPSA) is 67.4 Å². The lowest BCUT2D eigenvalue weighted by molar-refractivity contribution is 0.315. The molecule has 0 bridgehead atoms. The zero-order valence-corrected chi connectivity index (χ0v) is 14.7. The average Bonchev–Trinajstić information content (AvgIpc) is 3.04. The van der Waals surface area contributed by atoms with Crippen LogP contribution < -0.4 is 9.47 Å². The van der Waals surface area contributed by atoms with E-state index in [4.69, 9.17) is 9.47 Å². The maximum atomic E-state index is 10.4. The van der Waals surface area contributed by atoms with Gasteiger partial charge in [0, 0.05) is 11.6 Å². The summed E-state index contributed by atoms with van der Waals surface area (Å²) in [7, 11) is 0. The van der Waals surface area contributed by atoms with Gasteiger partial charge in [-0.1, -0.05) is 19.1 Å². The van der Waals surface area contributed by atoms with Crippen LogP contribution in [0.1, 0.15) is 24.5 Å². The summed E-state index contributed by atoms with van der Waals surface area (Å²) in [6.07, 6.45) is 2.52. The van der Waals surface area contributed by atoms with Crippen LogP contribution in [0.25, 0.3) is 11.3 Å². The predicted molar refractivity (Wildman–Crippen MR) is 97.5 cm³/mol. The lowest BCUT2D eigenvalue weighted by Crippen LogP contribution is -1.95. The number of rotatable bonds is 6. The standard InChI is InChI=1S/C20H22N2O3/c1-4-9-24-15-7-8-16(17(23)11-15)20-19(12-21-22-20)25-18-10-13(2)5-6-14(18)3/h5-8,10-12,23H,4,9H2,1-3H3,(H,21,22). The van der Waals surface area contributed by atoms with Crippen molar-refractivity contribution in [3.05, 3.63) is 53.7 Å². The molecule has 0 radical (unpaired) electrons. The number of nitrogens with zero attached hydrogens (tertiary/aromatic N) is 1. The molecular formula is C20H22N2O3. The Morgan fingerprint density at radius 2 is 1.92 bits per heavy atom. The molecule has 0 amide bonds. The number of phenols is 1. The zero-order chi connectivity index (χ0) is 17.8. The molecule has 0 atom stereocenters. The van der Waals surface area contributed by atoms with Gasteiger partial charge >= 0.3 is 0 Å². The molecule has 2 N–H and O–H groups in total. The van der Waals surface area contributed by atoms with Gasteiger partial charge in [-0.3, -0.25) is 5.10 Å². The first kappa shape index (κ1) is 16.9. The molecule has 0 aliphatic rings. The number of aromatic amines is 1. The molecule has 0 unspecified atom stereocenters. The third kappa shape index (κ3) is 3.76. The van der Waals surface area contributed by atoms with Crippen molar-refractivity contribution < 1.29 is 14.6 Å². The van der Waals surface area contributed by atoms with Gasteiger partial charge in [-0.05, 0) is 49.6 Å². The molecule has 25 heavy (non-hydrogen) atoms. The van der Waals surface area contributed by atoms with Gasteiger partial charge in [0.1, 0.15) is 22.9 Å². The molecule has 5 heteroatoms. The largest absolute Gasteiger partial charge is 0.507 e. The van der Waals surface area contributed by atoms with E-state index in [9.17, 15) is 5.11 Å². The normalized spacial score (nSPS) is 10.7. The Balaban J connectivity index is 1.90. The number of aryl methyl sites for hydroxylation is 2. The number of aromatic hydroxyl groups is 1. The van der Waals surface area contributed by atoms with E-state index >= 15 is 0 Å². The summed E-state index contributed by atoms with van der Waals surface area (Å²) in [5, 5.41) is 17.3. The summed E-state index contributed by atoms with van der Waals surface area (Å²) in [6.45, 7) is 6.66. The number of nitrogens with one attached hydrogen (secondary N) is 1. The minimum Gasteiger partial charge on any atom is -0.507 e. The van der Waals surface area contributed by atoms with Crippen LogP contribution in [0.3, 0.4) is 0 Å². The molecule has 0 spiro atoms. The third-order valence-corrected chi connectivity index (χ3v) is 3.88. The van der Waals surface area contributed by atoms with Gasteiger partial charge in [0.05, 0.1) is 12.8 Å². The summed E-state index contributed by atoms with van der Waals surface area (Å²) in [5.41, 5.74) is 3.39. The Bertz CT molecular complexity index is 871. The van der Waals surface area contributed by atoms with Gasteiger partial charge < -0.3 is 14.6 Å². The van der Waals surface area contributed by atoms with Crippen LogP contribution in [-0.2, 0) is 0 Å². The monoisotopic (exact) mass is 338 g/mol. The van der Waals surface area contributed by atoms with Gasteiger partial charge in [-0.25, -0.2) is 0 Å². The fourth-order valence-corrected chi connectivity index (χ4v) is 2.51. The first-order valence-electron chi connectivity index (χ1n) is 8.33.